The number of halogens is 2. The Balaban J connectivity index is 1.88. The van der Waals surface area contributed by atoms with Crippen LogP contribution in [0.2, 0.25) is 0 Å². The van der Waals surface area contributed by atoms with Crippen molar-refractivity contribution in [2.45, 2.75) is 31.2 Å². The topological polar surface area (TPSA) is 75.7 Å². The van der Waals surface area contributed by atoms with Crippen LogP contribution in [0.4, 0.5) is 8.78 Å². The van der Waals surface area contributed by atoms with Gasteiger partial charge in [-0.05, 0) is 49.2 Å². The molecule has 30 heavy (non-hydrogen) atoms. The fourth-order valence-corrected chi connectivity index (χ4v) is 5.09. The molecule has 1 aliphatic rings. The second-order valence-corrected chi connectivity index (χ2v) is 8.96. The normalized spacial score (nSPS) is 16.3. The molecule has 0 spiro atoms. The molecule has 2 aromatic rings. The number of nitrogens with zero attached hydrogens (tertiary/aromatic N) is 1. The van der Waals surface area contributed by atoms with Crippen LogP contribution in [0.5, 0.6) is 0 Å². The lowest BCUT2D eigenvalue weighted by Gasteiger charge is -2.27. The second kappa shape index (κ2) is 9.20. The fraction of sp³-hybridized carbons (Fsp3) is 0.381. The van der Waals surface area contributed by atoms with Gasteiger partial charge in [-0.2, -0.15) is 4.31 Å². The first kappa shape index (κ1) is 22.3. The lowest BCUT2D eigenvalue weighted by atomic mass is 10.1. The number of nitrogens with one attached hydrogen (secondary N) is 1. The maximum atomic E-state index is 14.0. The van der Waals surface area contributed by atoms with Gasteiger partial charge in [-0.1, -0.05) is 13.0 Å². The Morgan fingerprint density at radius 2 is 1.87 bits per heavy atom. The molecule has 6 nitrogen and oxygen atoms in total. The summed E-state index contributed by atoms with van der Waals surface area (Å²) >= 11 is 0. The maximum absolute atomic E-state index is 14.0. The largest absolute Gasteiger partial charge is 0.379 e. The molecule has 0 bridgehead atoms. The highest BCUT2D eigenvalue weighted by atomic mass is 32.2. The average molecular weight is 438 g/mol. The van der Waals surface area contributed by atoms with Gasteiger partial charge in [0.2, 0.25) is 10.0 Å². The number of amides is 1. The Hall–Kier alpha value is -2.36. The predicted molar refractivity (Wildman–Crippen MR) is 108 cm³/mol. The number of carbonyl (C=O) groups excluding carboxylic acids is 1. The van der Waals surface area contributed by atoms with Crippen LogP contribution in [0.25, 0.3) is 0 Å². The van der Waals surface area contributed by atoms with Crippen LogP contribution < -0.4 is 5.32 Å². The molecule has 9 heteroatoms. The molecule has 0 aromatic heterocycles. The van der Waals surface area contributed by atoms with Gasteiger partial charge in [0.25, 0.3) is 5.91 Å². The highest BCUT2D eigenvalue weighted by Gasteiger charge is 2.29. The van der Waals surface area contributed by atoms with E-state index in [0.29, 0.717) is 25.2 Å². The number of hydrogen-bond donors (Lipinski definition) is 1. The van der Waals surface area contributed by atoms with Crippen LogP contribution in [0.15, 0.2) is 41.3 Å². The molecule has 1 saturated heterocycles. The van der Waals surface area contributed by atoms with Crippen LogP contribution in [0.1, 0.15) is 41.4 Å². The summed E-state index contributed by atoms with van der Waals surface area (Å²) in [5.41, 5.74) is 0.736. The summed E-state index contributed by atoms with van der Waals surface area (Å²) in [6, 6.07) is 6.69. The molecule has 3 rings (SSSR count). The smallest absolute Gasteiger partial charge is 0.251 e. The highest BCUT2D eigenvalue weighted by Crippen LogP contribution is 2.24. The number of hydrogen-bond acceptors (Lipinski definition) is 4. The third-order valence-electron chi connectivity index (χ3n) is 5.07. The zero-order valence-electron chi connectivity index (χ0n) is 16.8. The van der Waals surface area contributed by atoms with E-state index in [1.807, 2.05) is 6.92 Å². The minimum Gasteiger partial charge on any atom is -0.379 e. The first-order valence-electron chi connectivity index (χ1n) is 9.70. The van der Waals surface area contributed by atoms with Gasteiger partial charge in [0.15, 0.2) is 0 Å². The van der Waals surface area contributed by atoms with Crippen molar-refractivity contribution in [3.8, 4) is 0 Å². The Morgan fingerprint density at radius 3 is 2.53 bits per heavy atom. The Labute approximate surface area is 174 Å². The second-order valence-electron chi connectivity index (χ2n) is 7.05. The van der Waals surface area contributed by atoms with E-state index in [-0.39, 0.29) is 29.1 Å². The molecular weight excluding hydrogens is 414 g/mol. The monoisotopic (exact) mass is 438 g/mol. The van der Waals surface area contributed by atoms with Crippen molar-refractivity contribution in [3.63, 3.8) is 0 Å². The molecule has 1 atom stereocenters. The first-order chi connectivity index (χ1) is 14.2. The lowest BCUT2D eigenvalue weighted by molar-refractivity contribution is 0.0730. The molecule has 1 amide bonds. The number of rotatable bonds is 6. The van der Waals surface area contributed by atoms with Gasteiger partial charge in [0, 0.05) is 24.2 Å². The van der Waals surface area contributed by atoms with Crippen LogP contribution in [0, 0.1) is 11.6 Å². The van der Waals surface area contributed by atoms with Gasteiger partial charge < -0.3 is 10.1 Å². The first-order valence-corrected chi connectivity index (χ1v) is 11.1. The third kappa shape index (κ3) is 4.69. The number of ether oxygens (including phenoxy) is 1. The van der Waals surface area contributed by atoms with Crippen molar-refractivity contribution in [2.24, 2.45) is 0 Å². The van der Waals surface area contributed by atoms with E-state index in [0.717, 1.165) is 18.2 Å². The van der Waals surface area contributed by atoms with Crippen molar-refractivity contribution in [1.82, 2.24) is 9.62 Å². The van der Waals surface area contributed by atoms with E-state index in [2.05, 4.69) is 5.32 Å². The molecule has 162 valence electrons. The van der Waals surface area contributed by atoms with Crippen LogP contribution in [-0.2, 0) is 21.2 Å². The minimum absolute atomic E-state index is 0.00897. The quantitative estimate of drug-likeness (QED) is 0.752. The molecule has 1 heterocycles. The Morgan fingerprint density at radius 1 is 1.17 bits per heavy atom. The maximum Gasteiger partial charge on any atom is 0.251 e. The van der Waals surface area contributed by atoms with Crippen molar-refractivity contribution >= 4 is 15.9 Å². The molecule has 1 fully saturated rings. The number of benzene rings is 2. The summed E-state index contributed by atoms with van der Waals surface area (Å²) in [6.45, 7) is 4.49. The van der Waals surface area contributed by atoms with Gasteiger partial charge in [-0.25, -0.2) is 17.2 Å². The van der Waals surface area contributed by atoms with Crippen LogP contribution in [-0.4, -0.2) is 44.9 Å². The molecule has 0 radical (unpaired) electrons. The summed E-state index contributed by atoms with van der Waals surface area (Å²) in [5, 5.41) is 2.60. The van der Waals surface area contributed by atoms with Crippen molar-refractivity contribution < 1.29 is 26.7 Å². The summed E-state index contributed by atoms with van der Waals surface area (Å²) in [4.78, 5) is 12.8. The van der Waals surface area contributed by atoms with Crippen molar-refractivity contribution in [2.75, 3.05) is 26.3 Å². The van der Waals surface area contributed by atoms with E-state index in [1.165, 1.54) is 23.4 Å². The van der Waals surface area contributed by atoms with Crippen LogP contribution in [0.3, 0.4) is 0 Å². The standard InChI is InChI=1S/C21H24F2N2O4S/c1-3-15-4-5-16(12-20(15)30(27,28)25-8-10-29-11-9-25)21(26)24-14(2)18-13-17(22)6-7-19(18)23/h4-7,12-14H,3,8-11H2,1-2H3,(H,24,26). The fourth-order valence-electron chi connectivity index (χ4n) is 3.36. The van der Waals surface area contributed by atoms with E-state index < -0.39 is 33.6 Å². The van der Waals surface area contributed by atoms with Crippen LogP contribution >= 0.6 is 0 Å². The van der Waals surface area contributed by atoms with Gasteiger partial charge in [-0.15, -0.1) is 0 Å². The molecule has 1 aliphatic heterocycles. The van der Waals surface area contributed by atoms with Gasteiger partial charge >= 0.3 is 0 Å². The molecule has 1 unspecified atom stereocenters. The molecular formula is C21H24F2N2O4S. The molecule has 2 aromatic carbocycles. The molecule has 0 aliphatic carbocycles. The van der Waals surface area contributed by atoms with Gasteiger partial charge in [-0.3, -0.25) is 4.79 Å². The zero-order chi connectivity index (χ0) is 21.9. The third-order valence-corrected chi connectivity index (χ3v) is 7.05. The SMILES string of the molecule is CCc1ccc(C(=O)NC(C)c2cc(F)ccc2F)cc1S(=O)(=O)N1CCOCC1. The predicted octanol–water partition coefficient (Wildman–Crippen LogP) is 3.04. The van der Waals surface area contributed by atoms with Crippen molar-refractivity contribution in [3.05, 3.63) is 64.7 Å². The summed E-state index contributed by atoms with van der Waals surface area (Å²) in [5.74, 6) is -1.83. The summed E-state index contributed by atoms with van der Waals surface area (Å²) < 4.78 is 60.2. The van der Waals surface area contributed by atoms with E-state index >= 15 is 0 Å². The Kier molecular flexibility index (Phi) is 6.84. The van der Waals surface area contributed by atoms with Crippen molar-refractivity contribution in [1.29, 1.82) is 0 Å². The number of morpholine rings is 1. The van der Waals surface area contributed by atoms with E-state index in [1.54, 1.807) is 6.07 Å². The molecule has 0 saturated carbocycles. The average Bonchev–Trinajstić information content (AvgIpc) is 2.75. The number of sulfonamides is 1. The Bertz CT molecular complexity index is 1040. The molecule has 1 N–H and O–H groups in total. The summed E-state index contributed by atoms with van der Waals surface area (Å²) in [6.07, 6.45) is 0.478. The highest BCUT2D eigenvalue weighted by molar-refractivity contribution is 7.89. The number of carbonyl (C=O) groups is 1. The zero-order valence-corrected chi connectivity index (χ0v) is 17.6. The van der Waals surface area contributed by atoms with E-state index in [4.69, 9.17) is 4.74 Å². The minimum atomic E-state index is -3.79. The van der Waals surface area contributed by atoms with E-state index in [9.17, 15) is 22.0 Å². The number of aryl methyl sites for hydroxylation is 1. The van der Waals surface area contributed by atoms with Gasteiger partial charge in [0.05, 0.1) is 24.2 Å². The lowest BCUT2D eigenvalue weighted by Crippen LogP contribution is -2.41. The summed E-state index contributed by atoms with van der Waals surface area (Å²) in [7, 11) is -3.79. The van der Waals surface area contributed by atoms with Gasteiger partial charge in [0.1, 0.15) is 11.6 Å².